The van der Waals surface area contributed by atoms with E-state index in [2.05, 4.69) is 24.6 Å². The molecule has 1 aromatic heterocycles. The highest BCUT2D eigenvalue weighted by Crippen LogP contribution is 2.27. The van der Waals surface area contributed by atoms with Crippen LogP contribution in [0.25, 0.3) is 0 Å². The molecule has 1 unspecified atom stereocenters. The lowest BCUT2D eigenvalue weighted by molar-refractivity contribution is 0.270. The van der Waals surface area contributed by atoms with Crippen LogP contribution < -0.4 is 0 Å². The summed E-state index contributed by atoms with van der Waals surface area (Å²) in [6.07, 6.45) is 3.43. The topological polar surface area (TPSA) is 33.1 Å². The van der Waals surface area contributed by atoms with Crippen LogP contribution in [0.2, 0.25) is 19.6 Å². The normalized spacial score (nSPS) is 14.0. The Morgan fingerprint density at radius 3 is 2.43 bits per heavy atom. The van der Waals surface area contributed by atoms with Crippen molar-refractivity contribution in [2.45, 2.75) is 25.1 Å². The summed E-state index contributed by atoms with van der Waals surface area (Å²) in [5, 5.41) is 10.9. The molecule has 0 fully saturated rings. The average Bonchev–Trinajstić information content (AvgIpc) is 2.14. The van der Waals surface area contributed by atoms with Crippen LogP contribution in [0.5, 0.6) is 0 Å². The number of aliphatic hydroxyl groups excluding tert-OH is 1. The van der Waals surface area contributed by atoms with Gasteiger partial charge >= 0.3 is 0 Å². The zero-order valence-corrected chi connectivity index (χ0v) is 10.7. The first-order chi connectivity index (χ1) is 6.49. The van der Waals surface area contributed by atoms with Crippen LogP contribution in [0.4, 0.5) is 0 Å². The fourth-order valence-corrected chi connectivity index (χ4v) is 3.93. The minimum absolute atomic E-state index is 0.398. The molecule has 0 aliphatic carbocycles. The lowest BCUT2D eigenvalue weighted by Gasteiger charge is -2.18. The van der Waals surface area contributed by atoms with Gasteiger partial charge in [0, 0.05) is 12.4 Å². The summed E-state index contributed by atoms with van der Waals surface area (Å²) in [4.78, 5) is 3.92. The van der Waals surface area contributed by atoms with E-state index in [0.29, 0.717) is 0 Å². The molecule has 0 radical (unpaired) electrons. The molecule has 1 rings (SSSR count). The SMILES string of the molecule is C[Si](C)(C)CSC(O)c1ccncc1. The average molecular weight is 227 g/mol. The van der Waals surface area contributed by atoms with Gasteiger partial charge in [0.05, 0.1) is 8.07 Å². The Kier molecular flexibility index (Phi) is 4.16. The first-order valence-corrected chi connectivity index (χ1v) is 9.44. The summed E-state index contributed by atoms with van der Waals surface area (Å²) in [5.41, 5.74) is 0.549. The number of nitrogens with zero attached hydrogens (tertiary/aromatic N) is 1. The van der Waals surface area contributed by atoms with Gasteiger partial charge in [-0.25, -0.2) is 0 Å². The second kappa shape index (κ2) is 4.96. The molecule has 0 aliphatic rings. The summed E-state index contributed by atoms with van der Waals surface area (Å²) in [6, 6.07) is 3.73. The molecule has 1 atom stereocenters. The standard InChI is InChI=1S/C10H17NOSSi/c1-14(2,3)8-13-10(12)9-4-6-11-7-5-9/h4-7,10,12H,8H2,1-3H3. The second-order valence-corrected chi connectivity index (χ2v) is 11.6. The van der Waals surface area contributed by atoms with Gasteiger partial charge in [0.1, 0.15) is 5.44 Å². The molecule has 0 aliphatic heterocycles. The third kappa shape index (κ3) is 4.26. The van der Waals surface area contributed by atoms with Crippen molar-refractivity contribution in [3.8, 4) is 0 Å². The zero-order valence-electron chi connectivity index (χ0n) is 8.90. The van der Waals surface area contributed by atoms with Gasteiger partial charge in [0.25, 0.3) is 0 Å². The Morgan fingerprint density at radius 2 is 1.93 bits per heavy atom. The second-order valence-electron chi connectivity index (χ2n) is 4.50. The highest BCUT2D eigenvalue weighted by atomic mass is 32.2. The molecule has 1 heterocycles. The Morgan fingerprint density at radius 1 is 1.36 bits per heavy atom. The molecule has 78 valence electrons. The van der Waals surface area contributed by atoms with Crippen LogP contribution in [-0.2, 0) is 0 Å². The number of aliphatic hydroxyl groups is 1. The number of aromatic nitrogens is 1. The van der Waals surface area contributed by atoms with Gasteiger partial charge in [-0.2, -0.15) is 0 Å². The van der Waals surface area contributed by atoms with Gasteiger partial charge in [-0.15, -0.1) is 11.8 Å². The van der Waals surface area contributed by atoms with Crippen molar-refractivity contribution in [1.29, 1.82) is 0 Å². The minimum Gasteiger partial charge on any atom is -0.378 e. The molecule has 14 heavy (non-hydrogen) atoms. The molecular formula is C10H17NOSSi. The highest BCUT2D eigenvalue weighted by Gasteiger charge is 2.16. The van der Waals surface area contributed by atoms with E-state index in [0.717, 1.165) is 10.9 Å². The summed E-state index contributed by atoms with van der Waals surface area (Å²) in [5.74, 6) is 0. The molecule has 0 bridgehead atoms. The molecule has 1 aromatic rings. The number of hydrogen-bond acceptors (Lipinski definition) is 3. The number of hydrogen-bond donors (Lipinski definition) is 1. The quantitative estimate of drug-likeness (QED) is 0.634. The van der Waals surface area contributed by atoms with E-state index in [9.17, 15) is 5.11 Å². The molecule has 0 saturated heterocycles. The van der Waals surface area contributed by atoms with Crippen LogP contribution in [0.3, 0.4) is 0 Å². The van der Waals surface area contributed by atoms with Crippen LogP contribution in [0.1, 0.15) is 11.0 Å². The minimum atomic E-state index is -1.07. The molecule has 0 amide bonds. The zero-order chi connectivity index (χ0) is 10.6. The van der Waals surface area contributed by atoms with E-state index >= 15 is 0 Å². The Hall–Kier alpha value is -0.323. The first kappa shape index (κ1) is 11.7. The van der Waals surface area contributed by atoms with E-state index in [4.69, 9.17) is 0 Å². The predicted molar refractivity (Wildman–Crippen MR) is 65.0 cm³/mol. The predicted octanol–water partition coefficient (Wildman–Crippen LogP) is 2.68. The van der Waals surface area contributed by atoms with Crippen LogP contribution in [0.15, 0.2) is 24.5 Å². The fourth-order valence-electron chi connectivity index (χ4n) is 0.953. The van der Waals surface area contributed by atoms with Gasteiger partial charge in [-0.1, -0.05) is 19.6 Å². The number of pyridine rings is 1. The maximum absolute atomic E-state index is 9.84. The molecular weight excluding hydrogens is 210 g/mol. The number of thioether (sulfide) groups is 1. The van der Waals surface area contributed by atoms with Gasteiger partial charge in [-0.05, 0) is 23.1 Å². The van der Waals surface area contributed by atoms with Crippen molar-refractivity contribution in [2.24, 2.45) is 0 Å². The molecule has 1 N–H and O–H groups in total. The van der Waals surface area contributed by atoms with E-state index < -0.39 is 13.5 Å². The van der Waals surface area contributed by atoms with Crippen molar-refractivity contribution in [3.05, 3.63) is 30.1 Å². The van der Waals surface area contributed by atoms with Crippen molar-refractivity contribution in [3.63, 3.8) is 0 Å². The van der Waals surface area contributed by atoms with Gasteiger partial charge < -0.3 is 5.11 Å². The van der Waals surface area contributed by atoms with Gasteiger partial charge in [-0.3, -0.25) is 4.98 Å². The first-order valence-electron chi connectivity index (χ1n) is 4.69. The molecule has 0 spiro atoms. The molecule has 0 aromatic carbocycles. The summed E-state index contributed by atoms with van der Waals surface area (Å²) in [7, 11) is -1.07. The Balaban J connectivity index is 2.48. The third-order valence-corrected chi connectivity index (χ3v) is 6.38. The van der Waals surface area contributed by atoms with E-state index in [1.165, 1.54) is 0 Å². The summed E-state index contributed by atoms with van der Waals surface area (Å²) < 4.78 is 0. The lowest BCUT2D eigenvalue weighted by Crippen LogP contribution is -2.24. The van der Waals surface area contributed by atoms with E-state index in [1.54, 1.807) is 24.2 Å². The van der Waals surface area contributed by atoms with E-state index in [1.807, 2.05) is 12.1 Å². The Labute approximate surface area is 90.8 Å². The molecule has 4 heteroatoms. The van der Waals surface area contributed by atoms with E-state index in [-0.39, 0.29) is 0 Å². The van der Waals surface area contributed by atoms with Gasteiger partial charge in [0.15, 0.2) is 0 Å². The van der Waals surface area contributed by atoms with Crippen molar-refractivity contribution in [2.75, 3.05) is 5.38 Å². The third-order valence-electron chi connectivity index (χ3n) is 1.67. The Bertz CT molecular complexity index is 273. The molecule has 0 saturated carbocycles. The maximum Gasteiger partial charge on any atom is 0.125 e. The van der Waals surface area contributed by atoms with Gasteiger partial charge in [0.2, 0.25) is 0 Å². The lowest BCUT2D eigenvalue weighted by atomic mass is 10.3. The largest absolute Gasteiger partial charge is 0.378 e. The molecule has 2 nitrogen and oxygen atoms in total. The van der Waals surface area contributed by atoms with Crippen molar-refractivity contribution < 1.29 is 5.11 Å². The summed E-state index contributed by atoms with van der Waals surface area (Å²) in [6.45, 7) is 6.91. The highest BCUT2D eigenvalue weighted by molar-refractivity contribution is 8.00. The van der Waals surface area contributed by atoms with Crippen molar-refractivity contribution in [1.82, 2.24) is 4.98 Å². The van der Waals surface area contributed by atoms with Crippen LogP contribution in [0, 0.1) is 0 Å². The van der Waals surface area contributed by atoms with Crippen molar-refractivity contribution >= 4 is 19.8 Å². The van der Waals surface area contributed by atoms with Crippen LogP contribution >= 0.6 is 11.8 Å². The maximum atomic E-state index is 9.84. The van der Waals surface area contributed by atoms with Crippen LogP contribution in [-0.4, -0.2) is 23.5 Å². The smallest absolute Gasteiger partial charge is 0.125 e. The monoisotopic (exact) mass is 227 g/mol. The summed E-state index contributed by atoms with van der Waals surface area (Å²) >= 11 is 1.63. The number of rotatable bonds is 4. The fraction of sp³-hybridized carbons (Fsp3) is 0.500.